The lowest BCUT2D eigenvalue weighted by Crippen LogP contribution is -2.52. The fraction of sp³-hybridized carbons (Fsp3) is 0.824. The van der Waals surface area contributed by atoms with E-state index in [1.54, 1.807) is 0 Å². The van der Waals surface area contributed by atoms with Gasteiger partial charge in [-0.2, -0.15) is 0 Å². The van der Waals surface area contributed by atoms with E-state index >= 15 is 0 Å². The molecule has 2 aliphatic rings. The van der Waals surface area contributed by atoms with Crippen LogP contribution in [0.5, 0.6) is 0 Å². The number of aliphatic carboxylic acids is 1. The molecule has 2 fully saturated rings. The van der Waals surface area contributed by atoms with E-state index in [-0.39, 0.29) is 5.54 Å². The number of carboxylic acid groups (broad SMARTS) is 1. The van der Waals surface area contributed by atoms with Gasteiger partial charge < -0.3 is 5.11 Å². The molecular weight excluding hydrogens is 250 g/mol. The van der Waals surface area contributed by atoms with Gasteiger partial charge in [0.2, 0.25) is 0 Å². The summed E-state index contributed by atoms with van der Waals surface area (Å²) in [6, 6.07) is 0. The number of unbranched alkanes of at least 4 members (excludes halogenated alkanes) is 2. The van der Waals surface area contributed by atoms with Gasteiger partial charge in [0.1, 0.15) is 0 Å². The monoisotopic (exact) mass is 279 g/mol. The van der Waals surface area contributed by atoms with Crippen LogP contribution in [0.4, 0.5) is 0 Å². The summed E-state index contributed by atoms with van der Waals surface area (Å²) in [5, 5.41) is 9.73. The predicted molar refractivity (Wildman–Crippen MR) is 81.9 cm³/mol. The van der Waals surface area contributed by atoms with Gasteiger partial charge in [0.15, 0.2) is 0 Å². The van der Waals surface area contributed by atoms with Crippen molar-refractivity contribution in [1.82, 2.24) is 4.90 Å². The van der Waals surface area contributed by atoms with E-state index < -0.39 is 5.97 Å². The lowest BCUT2D eigenvalue weighted by Gasteiger charge is -2.44. The second-order valence-corrected chi connectivity index (χ2v) is 6.35. The largest absolute Gasteiger partial charge is 0.478 e. The Bertz CT molecular complexity index is 350. The van der Waals surface area contributed by atoms with Crippen LogP contribution in [-0.2, 0) is 4.79 Å². The fourth-order valence-corrected chi connectivity index (χ4v) is 3.96. The molecule has 0 spiro atoms. The van der Waals surface area contributed by atoms with Gasteiger partial charge in [-0.25, -0.2) is 4.79 Å². The molecule has 0 bridgehead atoms. The molecule has 114 valence electrons. The Balaban J connectivity index is 2.23. The molecule has 0 aromatic carbocycles. The first kappa shape index (κ1) is 15.6. The Morgan fingerprint density at radius 1 is 1.15 bits per heavy atom. The van der Waals surface area contributed by atoms with Crippen LogP contribution in [0, 0.1) is 0 Å². The molecule has 20 heavy (non-hydrogen) atoms. The molecular formula is C17H29NO2. The van der Waals surface area contributed by atoms with E-state index in [4.69, 9.17) is 0 Å². The highest BCUT2D eigenvalue weighted by atomic mass is 16.4. The first-order chi connectivity index (χ1) is 9.70. The van der Waals surface area contributed by atoms with Crippen molar-refractivity contribution >= 4 is 5.97 Å². The summed E-state index contributed by atoms with van der Waals surface area (Å²) in [4.78, 5) is 14.3. The molecule has 1 saturated carbocycles. The maximum Gasteiger partial charge on any atom is 0.333 e. The van der Waals surface area contributed by atoms with Crippen molar-refractivity contribution < 1.29 is 9.90 Å². The molecule has 3 heteroatoms. The number of piperidine rings is 1. The quantitative estimate of drug-likeness (QED) is 0.590. The zero-order chi connectivity index (χ0) is 14.4. The highest BCUT2D eigenvalue weighted by molar-refractivity contribution is 5.89. The molecule has 2 rings (SSSR count). The minimum Gasteiger partial charge on any atom is -0.478 e. The number of rotatable bonds is 6. The van der Waals surface area contributed by atoms with Crippen LogP contribution in [0.15, 0.2) is 11.6 Å². The van der Waals surface area contributed by atoms with Gasteiger partial charge in [-0.15, -0.1) is 0 Å². The molecule has 3 nitrogen and oxygen atoms in total. The fourth-order valence-electron chi connectivity index (χ4n) is 3.96. The van der Waals surface area contributed by atoms with E-state index in [1.165, 1.54) is 32.1 Å². The maximum absolute atomic E-state index is 11.8. The second-order valence-electron chi connectivity index (χ2n) is 6.35. The van der Waals surface area contributed by atoms with E-state index in [0.29, 0.717) is 5.57 Å². The summed E-state index contributed by atoms with van der Waals surface area (Å²) in [7, 11) is 0. The molecule has 1 aliphatic carbocycles. The number of likely N-dealkylation sites (tertiary alicyclic amines) is 1. The van der Waals surface area contributed by atoms with Gasteiger partial charge in [-0.05, 0) is 45.2 Å². The molecule has 0 unspecified atom stereocenters. The van der Waals surface area contributed by atoms with Crippen LogP contribution in [-0.4, -0.2) is 34.6 Å². The summed E-state index contributed by atoms with van der Waals surface area (Å²) in [6.45, 7) is 4.32. The topological polar surface area (TPSA) is 40.5 Å². The third-order valence-electron chi connectivity index (χ3n) is 5.03. The van der Waals surface area contributed by atoms with Crippen molar-refractivity contribution in [3.05, 3.63) is 11.6 Å². The Labute approximate surface area is 123 Å². The van der Waals surface area contributed by atoms with Crippen molar-refractivity contribution in [1.29, 1.82) is 0 Å². The predicted octanol–water partition coefficient (Wildman–Crippen LogP) is 3.99. The Kier molecular flexibility index (Phi) is 5.64. The van der Waals surface area contributed by atoms with Gasteiger partial charge in [0.25, 0.3) is 0 Å². The highest BCUT2D eigenvalue weighted by Crippen LogP contribution is 2.42. The van der Waals surface area contributed by atoms with Crippen LogP contribution in [0.3, 0.4) is 0 Å². The van der Waals surface area contributed by atoms with Crippen molar-refractivity contribution in [3.63, 3.8) is 0 Å². The summed E-state index contributed by atoms with van der Waals surface area (Å²) in [5.41, 5.74) is 0.547. The van der Waals surface area contributed by atoms with Crippen molar-refractivity contribution in [2.75, 3.05) is 13.1 Å². The van der Waals surface area contributed by atoms with E-state index in [1.807, 2.05) is 6.08 Å². The third kappa shape index (κ3) is 3.25. The van der Waals surface area contributed by atoms with Crippen molar-refractivity contribution in [2.24, 2.45) is 0 Å². The lowest BCUT2D eigenvalue weighted by atomic mass is 9.83. The van der Waals surface area contributed by atoms with Crippen molar-refractivity contribution in [2.45, 2.75) is 76.7 Å². The zero-order valence-electron chi connectivity index (χ0n) is 12.9. The average Bonchev–Trinajstić information content (AvgIpc) is 2.94. The molecule has 0 aromatic rings. The summed E-state index contributed by atoms with van der Waals surface area (Å²) in [5.74, 6) is -0.687. The minimum atomic E-state index is -0.687. The third-order valence-corrected chi connectivity index (χ3v) is 5.03. The van der Waals surface area contributed by atoms with Gasteiger partial charge in [0.05, 0.1) is 11.1 Å². The Morgan fingerprint density at radius 2 is 1.80 bits per heavy atom. The van der Waals surface area contributed by atoms with Gasteiger partial charge >= 0.3 is 5.97 Å². The molecule has 1 heterocycles. The molecule has 0 aromatic heterocycles. The number of carboxylic acids is 1. The van der Waals surface area contributed by atoms with E-state index in [9.17, 15) is 9.90 Å². The van der Waals surface area contributed by atoms with Crippen LogP contribution < -0.4 is 0 Å². The van der Waals surface area contributed by atoms with Gasteiger partial charge in [-0.1, -0.05) is 45.1 Å². The number of carbonyl (C=O) groups is 1. The highest BCUT2D eigenvalue weighted by Gasteiger charge is 2.45. The van der Waals surface area contributed by atoms with Gasteiger partial charge in [-0.3, -0.25) is 4.90 Å². The second kappa shape index (κ2) is 7.26. The normalized spacial score (nSPS) is 23.9. The SMILES string of the molecule is CCCC/C=C(/C(=O)O)C1(N2CCCCC2)CCCC1. The number of hydrogen-bond acceptors (Lipinski definition) is 2. The van der Waals surface area contributed by atoms with E-state index in [2.05, 4.69) is 11.8 Å². The molecule has 0 atom stereocenters. The summed E-state index contributed by atoms with van der Waals surface area (Å²) < 4.78 is 0. The standard InChI is InChI=1S/C17H29NO2/c1-2-3-5-10-15(16(19)20)17(11-6-7-12-17)18-13-8-4-9-14-18/h10H,2-9,11-14H2,1H3,(H,19,20)/b15-10-. The number of hydrogen-bond donors (Lipinski definition) is 1. The van der Waals surface area contributed by atoms with E-state index in [0.717, 1.165) is 45.2 Å². The van der Waals surface area contributed by atoms with Crippen LogP contribution in [0.25, 0.3) is 0 Å². The Morgan fingerprint density at radius 3 is 2.35 bits per heavy atom. The molecule has 0 radical (unpaired) electrons. The lowest BCUT2D eigenvalue weighted by molar-refractivity contribution is -0.134. The average molecular weight is 279 g/mol. The summed E-state index contributed by atoms with van der Waals surface area (Å²) >= 11 is 0. The first-order valence-electron chi connectivity index (χ1n) is 8.39. The summed E-state index contributed by atoms with van der Waals surface area (Å²) in [6.07, 6.45) is 13.3. The minimum absolute atomic E-state index is 0.153. The molecule has 1 N–H and O–H groups in total. The Hall–Kier alpha value is -0.830. The van der Waals surface area contributed by atoms with Crippen LogP contribution in [0.2, 0.25) is 0 Å². The molecule has 1 saturated heterocycles. The molecule has 0 amide bonds. The number of nitrogens with zero attached hydrogens (tertiary/aromatic N) is 1. The smallest absolute Gasteiger partial charge is 0.333 e. The van der Waals surface area contributed by atoms with Crippen LogP contribution in [0.1, 0.15) is 71.1 Å². The molecule has 1 aliphatic heterocycles. The van der Waals surface area contributed by atoms with Gasteiger partial charge in [0, 0.05) is 0 Å². The van der Waals surface area contributed by atoms with Crippen LogP contribution >= 0.6 is 0 Å². The van der Waals surface area contributed by atoms with Crippen molar-refractivity contribution in [3.8, 4) is 0 Å². The maximum atomic E-state index is 11.8. The zero-order valence-corrected chi connectivity index (χ0v) is 12.9. The first-order valence-corrected chi connectivity index (χ1v) is 8.39. The number of allylic oxidation sites excluding steroid dienone is 1.